The van der Waals surface area contributed by atoms with Crippen molar-refractivity contribution >= 4 is 17.3 Å². The van der Waals surface area contributed by atoms with Crippen molar-refractivity contribution in [2.45, 2.75) is 26.9 Å². The molecular formula is C14H19ClN2O. The summed E-state index contributed by atoms with van der Waals surface area (Å²) in [6, 6.07) is 7.77. The van der Waals surface area contributed by atoms with Crippen LogP contribution in [0.2, 0.25) is 5.02 Å². The highest BCUT2D eigenvalue weighted by Gasteiger charge is 2.13. The third kappa shape index (κ3) is 3.63. The van der Waals surface area contributed by atoms with Crippen molar-refractivity contribution in [3.63, 3.8) is 0 Å². The van der Waals surface area contributed by atoms with Gasteiger partial charge in [0.05, 0.1) is 28.8 Å². The molecule has 0 spiro atoms. The molecule has 98 valence electrons. The number of aliphatic hydroxyl groups is 1. The second-order valence-electron chi connectivity index (χ2n) is 4.46. The van der Waals surface area contributed by atoms with E-state index in [4.69, 9.17) is 16.9 Å². The Bertz CT molecular complexity index is 440. The van der Waals surface area contributed by atoms with Crippen molar-refractivity contribution in [2.75, 3.05) is 18.0 Å². The predicted octanol–water partition coefficient (Wildman–Crippen LogP) is 3.38. The van der Waals surface area contributed by atoms with Crippen molar-refractivity contribution in [3.8, 4) is 6.07 Å². The largest absolute Gasteiger partial charge is 0.389 e. The van der Waals surface area contributed by atoms with Crippen molar-refractivity contribution in [2.24, 2.45) is 5.92 Å². The predicted molar refractivity (Wildman–Crippen MR) is 74.7 cm³/mol. The number of halogens is 1. The SMILES string of the molecule is CCN(CC(C)C#N)c1ccc(C(C)O)cc1Cl. The molecule has 18 heavy (non-hydrogen) atoms. The van der Waals surface area contributed by atoms with Gasteiger partial charge in [-0.1, -0.05) is 17.7 Å². The minimum Gasteiger partial charge on any atom is -0.389 e. The van der Waals surface area contributed by atoms with Crippen LogP contribution in [0.1, 0.15) is 32.4 Å². The number of benzene rings is 1. The van der Waals surface area contributed by atoms with Crippen molar-refractivity contribution in [1.82, 2.24) is 0 Å². The molecule has 1 rings (SSSR count). The Kier molecular flexibility index (Phi) is 5.46. The summed E-state index contributed by atoms with van der Waals surface area (Å²) in [5.74, 6) is -0.0440. The summed E-state index contributed by atoms with van der Waals surface area (Å²) in [6.45, 7) is 7.07. The highest BCUT2D eigenvalue weighted by atomic mass is 35.5. The number of aliphatic hydroxyl groups excluding tert-OH is 1. The Morgan fingerprint density at radius 1 is 1.44 bits per heavy atom. The number of rotatable bonds is 5. The van der Waals surface area contributed by atoms with Gasteiger partial charge in [0.15, 0.2) is 0 Å². The molecule has 4 heteroatoms. The lowest BCUT2D eigenvalue weighted by molar-refractivity contribution is 0.199. The molecule has 2 atom stereocenters. The van der Waals surface area contributed by atoms with E-state index >= 15 is 0 Å². The molecular weight excluding hydrogens is 248 g/mol. The molecule has 1 N–H and O–H groups in total. The van der Waals surface area contributed by atoms with Crippen LogP contribution in [0, 0.1) is 17.2 Å². The van der Waals surface area contributed by atoms with E-state index in [0.29, 0.717) is 11.6 Å². The quantitative estimate of drug-likeness (QED) is 0.889. The van der Waals surface area contributed by atoms with E-state index in [1.165, 1.54) is 0 Å². The molecule has 0 bridgehead atoms. The minimum absolute atomic E-state index is 0.0440. The summed E-state index contributed by atoms with van der Waals surface area (Å²) in [4.78, 5) is 2.07. The number of nitrogens with zero attached hydrogens (tertiary/aromatic N) is 2. The van der Waals surface area contributed by atoms with Gasteiger partial charge in [-0.3, -0.25) is 0 Å². The molecule has 1 aromatic rings. The molecule has 2 unspecified atom stereocenters. The molecule has 0 fully saturated rings. The Hall–Kier alpha value is -1.24. The molecule has 0 radical (unpaired) electrons. The van der Waals surface area contributed by atoms with Crippen molar-refractivity contribution in [3.05, 3.63) is 28.8 Å². The van der Waals surface area contributed by atoms with E-state index in [9.17, 15) is 5.11 Å². The maximum atomic E-state index is 9.50. The van der Waals surface area contributed by atoms with Crippen molar-refractivity contribution < 1.29 is 5.11 Å². The smallest absolute Gasteiger partial charge is 0.0762 e. The lowest BCUT2D eigenvalue weighted by atomic mass is 10.1. The molecule has 0 saturated heterocycles. The van der Waals surface area contributed by atoms with E-state index in [1.807, 2.05) is 26.0 Å². The Labute approximate surface area is 114 Å². The van der Waals surface area contributed by atoms with Gasteiger partial charge in [0.1, 0.15) is 0 Å². The molecule has 1 aromatic carbocycles. The molecule has 0 aliphatic carbocycles. The highest BCUT2D eigenvalue weighted by molar-refractivity contribution is 6.33. The summed E-state index contributed by atoms with van der Waals surface area (Å²) in [5.41, 5.74) is 1.71. The monoisotopic (exact) mass is 266 g/mol. The normalized spacial score (nSPS) is 13.8. The molecule has 0 heterocycles. The van der Waals surface area contributed by atoms with E-state index in [-0.39, 0.29) is 5.92 Å². The van der Waals surface area contributed by atoms with Crippen LogP contribution in [0.15, 0.2) is 18.2 Å². The second kappa shape index (κ2) is 6.63. The van der Waals surface area contributed by atoms with Gasteiger partial charge in [0.2, 0.25) is 0 Å². The second-order valence-corrected chi connectivity index (χ2v) is 4.86. The van der Waals surface area contributed by atoms with E-state index in [2.05, 4.69) is 11.0 Å². The Morgan fingerprint density at radius 3 is 2.56 bits per heavy atom. The maximum absolute atomic E-state index is 9.50. The summed E-state index contributed by atoms with van der Waals surface area (Å²) < 4.78 is 0. The topological polar surface area (TPSA) is 47.3 Å². The zero-order valence-electron chi connectivity index (χ0n) is 11.0. The van der Waals surface area contributed by atoms with Crippen LogP contribution in [0.4, 0.5) is 5.69 Å². The Balaban J connectivity index is 2.97. The van der Waals surface area contributed by atoms with Gasteiger partial charge in [-0.2, -0.15) is 5.26 Å². The number of hydrogen-bond donors (Lipinski definition) is 1. The summed E-state index contributed by atoms with van der Waals surface area (Å²) in [7, 11) is 0. The van der Waals surface area contributed by atoms with Gasteiger partial charge in [-0.25, -0.2) is 0 Å². The van der Waals surface area contributed by atoms with Gasteiger partial charge in [-0.15, -0.1) is 0 Å². The van der Waals surface area contributed by atoms with Gasteiger partial charge < -0.3 is 10.0 Å². The maximum Gasteiger partial charge on any atom is 0.0762 e. The van der Waals surface area contributed by atoms with E-state index < -0.39 is 6.10 Å². The van der Waals surface area contributed by atoms with E-state index in [0.717, 1.165) is 17.8 Å². The lowest BCUT2D eigenvalue weighted by Gasteiger charge is -2.25. The van der Waals surface area contributed by atoms with E-state index in [1.54, 1.807) is 13.0 Å². The summed E-state index contributed by atoms with van der Waals surface area (Å²) in [5, 5.41) is 19.0. The first-order valence-corrected chi connectivity index (χ1v) is 6.49. The first-order chi connectivity index (χ1) is 8.49. The molecule has 0 aliphatic rings. The number of nitriles is 1. The van der Waals surface area contributed by atoms with Crippen LogP contribution >= 0.6 is 11.6 Å². The fraction of sp³-hybridized carbons (Fsp3) is 0.500. The van der Waals surface area contributed by atoms with Crippen LogP contribution < -0.4 is 4.90 Å². The molecule has 0 aliphatic heterocycles. The summed E-state index contributed by atoms with van der Waals surface area (Å²) >= 11 is 6.24. The van der Waals surface area contributed by atoms with Gasteiger partial charge >= 0.3 is 0 Å². The first kappa shape index (κ1) is 14.8. The number of anilines is 1. The van der Waals surface area contributed by atoms with Gasteiger partial charge in [0, 0.05) is 13.1 Å². The average molecular weight is 267 g/mol. The molecule has 3 nitrogen and oxygen atoms in total. The standard InChI is InChI=1S/C14H19ClN2O/c1-4-17(9-10(2)8-16)14-6-5-12(11(3)18)7-13(14)15/h5-7,10-11,18H,4,9H2,1-3H3. The molecule has 0 aromatic heterocycles. The minimum atomic E-state index is -0.523. The van der Waals surface area contributed by atoms with Gasteiger partial charge in [-0.05, 0) is 38.5 Å². The van der Waals surface area contributed by atoms with Crippen LogP contribution in [-0.2, 0) is 0 Å². The molecule has 0 amide bonds. The fourth-order valence-electron chi connectivity index (χ4n) is 1.81. The van der Waals surface area contributed by atoms with Crippen LogP contribution in [0.5, 0.6) is 0 Å². The summed E-state index contributed by atoms with van der Waals surface area (Å²) in [6.07, 6.45) is -0.523. The van der Waals surface area contributed by atoms with Crippen molar-refractivity contribution in [1.29, 1.82) is 5.26 Å². The van der Waals surface area contributed by atoms with Gasteiger partial charge in [0.25, 0.3) is 0 Å². The third-order valence-corrected chi connectivity index (χ3v) is 3.19. The first-order valence-electron chi connectivity index (χ1n) is 6.11. The zero-order chi connectivity index (χ0) is 13.7. The fourth-order valence-corrected chi connectivity index (χ4v) is 2.12. The third-order valence-electron chi connectivity index (χ3n) is 2.89. The highest BCUT2D eigenvalue weighted by Crippen LogP contribution is 2.29. The van der Waals surface area contributed by atoms with Crippen LogP contribution in [-0.4, -0.2) is 18.2 Å². The van der Waals surface area contributed by atoms with Crippen LogP contribution in [0.25, 0.3) is 0 Å². The van der Waals surface area contributed by atoms with Crippen LogP contribution in [0.3, 0.4) is 0 Å². The molecule has 0 saturated carbocycles. The average Bonchev–Trinajstić information content (AvgIpc) is 2.35. The lowest BCUT2D eigenvalue weighted by Crippen LogP contribution is -2.28. The Morgan fingerprint density at radius 2 is 2.11 bits per heavy atom. The number of hydrogen-bond acceptors (Lipinski definition) is 3. The zero-order valence-corrected chi connectivity index (χ0v) is 11.8.